The molecule has 6 heteroatoms. The Morgan fingerprint density at radius 3 is 2.33 bits per heavy atom. The normalized spacial score (nSPS) is 10.1. The molecule has 2 aromatic carbocycles. The van der Waals surface area contributed by atoms with Crippen LogP contribution in [0.25, 0.3) is 0 Å². The summed E-state index contributed by atoms with van der Waals surface area (Å²) in [6.45, 7) is 3.06. The van der Waals surface area contributed by atoms with E-state index in [0.29, 0.717) is 29.7 Å². The zero-order valence-corrected chi connectivity index (χ0v) is 14.3. The van der Waals surface area contributed by atoms with Gasteiger partial charge in [0.05, 0.1) is 6.61 Å². The van der Waals surface area contributed by atoms with E-state index in [9.17, 15) is 4.79 Å². The number of urea groups is 1. The number of benzene rings is 2. The number of carbonyl (C=O) groups is 1. The van der Waals surface area contributed by atoms with Gasteiger partial charge in [0.15, 0.2) is 18.2 Å². The molecule has 0 heterocycles. The van der Waals surface area contributed by atoms with E-state index in [1.807, 2.05) is 49.4 Å². The molecule has 2 amide bonds. The van der Waals surface area contributed by atoms with Crippen molar-refractivity contribution < 1.29 is 14.3 Å². The molecule has 0 aliphatic rings. The maximum absolute atomic E-state index is 11.7. The van der Waals surface area contributed by atoms with Gasteiger partial charge >= 0.3 is 6.03 Å². The van der Waals surface area contributed by atoms with Crippen molar-refractivity contribution in [3.8, 4) is 11.5 Å². The van der Waals surface area contributed by atoms with Gasteiger partial charge in [-0.3, -0.25) is 0 Å². The van der Waals surface area contributed by atoms with Gasteiger partial charge in [0.1, 0.15) is 0 Å². The van der Waals surface area contributed by atoms with Gasteiger partial charge in [0.25, 0.3) is 0 Å². The Labute approximate surface area is 146 Å². The van der Waals surface area contributed by atoms with E-state index in [0.717, 1.165) is 12.0 Å². The monoisotopic (exact) mass is 348 g/mol. The molecule has 0 saturated carbocycles. The SMILES string of the molecule is CCOc1ccccc1OCNC(=O)NCCc1ccc(Cl)cc1. The number of halogens is 1. The molecule has 0 aliphatic carbocycles. The third kappa shape index (κ3) is 6.01. The van der Waals surface area contributed by atoms with Crippen molar-refractivity contribution in [3.63, 3.8) is 0 Å². The predicted molar refractivity (Wildman–Crippen MR) is 94.8 cm³/mol. The number of amides is 2. The van der Waals surface area contributed by atoms with Crippen LogP contribution in [0.5, 0.6) is 11.5 Å². The number of hydrogen-bond donors (Lipinski definition) is 2. The fourth-order valence-corrected chi connectivity index (χ4v) is 2.18. The smallest absolute Gasteiger partial charge is 0.317 e. The van der Waals surface area contributed by atoms with Gasteiger partial charge in [0.2, 0.25) is 0 Å². The largest absolute Gasteiger partial charge is 0.490 e. The van der Waals surface area contributed by atoms with Gasteiger partial charge in [-0.1, -0.05) is 35.9 Å². The second-order valence-corrected chi connectivity index (χ2v) is 5.41. The Hall–Kier alpha value is -2.40. The van der Waals surface area contributed by atoms with Crippen LogP contribution >= 0.6 is 11.6 Å². The molecule has 2 aromatic rings. The van der Waals surface area contributed by atoms with Crippen molar-refractivity contribution in [2.75, 3.05) is 19.9 Å². The van der Waals surface area contributed by atoms with Crippen LogP contribution in [0.15, 0.2) is 48.5 Å². The molecule has 0 saturated heterocycles. The van der Waals surface area contributed by atoms with E-state index >= 15 is 0 Å². The van der Waals surface area contributed by atoms with Crippen LogP contribution in [0.2, 0.25) is 5.02 Å². The van der Waals surface area contributed by atoms with Crippen LogP contribution in [0.1, 0.15) is 12.5 Å². The summed E-state index contributed by atoms with van der Waals surface area (Å²) in [7, 11) is 0. The van der Waals surface area contributed by atoms with Gasteiger partial charge in [-0.15, -0.1) is 0 Å². The molecule has 128 valence electrons. The molecule has 0 unspecified atom stereocenters. The molecule has 2 rings (SSSR count). The lowest BCUT2D eigenvalue weighted by Crippen LogP contribution is -2.38. The van der Waals surface area contributed by atoms with Crippen molar-refractivity contribution in [3.05, 3.63) is 59.1 Å². The first kappa shape index (κ1) is 17.9. The predicted octanol–water partition coefficient (Wildman–Crippen LogP) is 3.62. The molecular formula is C18H21ClN2O3. The van der Waals surface area contributed by atoms with Gasteiger partial charge in [-0.2, -0.15) is 0 Å². The molecule has 2 N–H and O–H groups in total. The summed E-state index contributed by atoms with van der Waals surface area (Å²) < 4.78 is 11.0. The molecule has 0 fully saturated rings. The lowest BCUT2D eigenvalue weighted by atomic mass is 10.1. The Balaban J connectivity index is 1.67. The fraction of sp³-hybridized carbons (Fsp3) is 0.278. The van der Waals surface area contributed by atoms with E-state index < -0.39 is 0 Å². The molecular weight excluding hydrogens is 328 g/mol. The quantitative estimate of drug-likeness (QED) is 0.716. The average Bonchev–Trinajstić information content (AvgIpc) is 2.58. The number of rotatable bonds is 8. The Kier molecular flexibility index (Phi) is 7.23. The summed E-state index contributed by atoms with van der Waals surface area (Å²) >= 11 is 5.83. The minimum absolute atomic E-state index is 0.0663. The van der Waals surface area contributed by atoms with Gasteiger partial charge in [0, 0.05) is 11.6 Å². The standard InChI is InChI=1S/C18H21ClN2O3/c1-2-23-16-5-3-4-6-17(16)24-13-21-18(22)20-12-11-14-7-9-15(19)10-8-14/h3-10H,2,11-13H2,1H3,(H2,20,21,22). The molecule has 0 aliphatic heterocycles. The maximum Gasteiger partial charge on any atom is 0.317 e. The molecule has 24 heavy (non-hydrogen) atoms. The summed E-state index contributed by atoms with van der Waals surface area (Å²) in [6.07, 6.45) is 0.735. The van der Waals surface area contributed by atoms with Crippen LogP contribution < -0.4 is 20.1 Å². The summed E-state index contributed by atoms with van der Waals surface area (Å²) in [6, 6.07) is 14.6. The lowest BCUT2D eigenvalue weighted by molar-refractivity contribution is 0.220. The van der Waals surface area contributed by atoms with Crippen molar-refractivity contribution in [2.24, 2.45) is 0 Å². The summed E-state index contributed by atoms with van der Waals surface area (Å²) in [5, 5.41) is 6.13. The van der Waals surface area contributed by atoms with E-state index in [1.165, 1.54) is 0 Å². The van der Waals surface area contributed by atoms with Crippen LogP contribution in [0.3, 0.4) is 0 Å². The van der Waals surface area contributed by atoms with Crippen LogP contribution in [-0.2, 0) is 6.42 Å². The third-order valence-electron chi connectivity index (χ3n) is 3.22. The number of ether oxygens (including phenoxy) is 2. The highest BCUT2D eigenvalue weighted by atomic mass is 35.5. The Morgan fingerprint density at radius 1 is 1.00 bits per heavy atom. The number of para-hydroxylation sites is 2. The van der Waals surface area contributed by atoms with Crippen molar-refractivity contribution >= 4 is 17.6 Å². The topological polar surface area (TPSA) is 59.6 Å². The molecule has 0 radical (unpaired) electrons. The molecule has 0 atom stereocenters. The first-order valence-electron chi connectivity index (χ1n) is 7.80. The van der Waals surface area contributed by atoms with Crippen molar-refractivity contribution in [2.45, 2.75) is 13.3 Å². The lowest BCUT2D eigenvalue weighted by Gasteiger charge is -2.12. The van der Waals surface area contributed by atoms with E-state index in [4.69, 9.17) is 21.1 Å². The second kappa shape index (κ2) is 9.67. The van der Waals surface area contributed by atoms with Gasteiger partial charge < -0.3 is 20.1 Å². The maximum atomic E-state index is 11.7. The number of nitrogens with one attached hydrogen (secondary N) is 2. The zero-order valence-electron chi connectivity index (χ0n) is 13.5. The number of hydrogen-bond acceptors (Lipinski definition) is 3. The highest BCUT2D eigenvalue weighted by Gasteiger charge is 2.04. The minimum atomic E-state index is -0.280. The highest BCUT2D eigenvalue weighted by Crippen LogP contribution is 2.25. The molecule has 0 aromatic heterocycles. The summed E-state index contributed by atoms with van der Waals surface area (Å²) in [5.41, 5.74) is 1.11. The van der Waals surface area contributed by atoms with E-state index in [-0.39, 0.29) is 12.8 Å². The average molecular weight is 349 g/mol. The fourth-order valence-electron chi connectivity index (χ4n) is 2.06. The van der Waals surface area contributed by atoms with Crippen molar-refractivity contribution in [1.82, 2.24) is 10.6 Å². The first-order valence-corrected chi connectivity index (χ1v) is 8.17. The van der Waals surface area contributed by atoms with Crippen LogP contribution in [0.4, 0.5) is 4.79 Å². The van der Waals surface area contributed by atoms with E-state index in [1.54, 1.807) is 6.07 Å². The first-order chi connectivity index (χ1) is 11.7. The van der Waals surface area contributed by atoms with E-state index in [2.05, 4.69) is 10.6 Å². The zero-order chi connectivity index (χ0) is 17.2. The summed E-state index contributed by atoms with van der Waals surface area (Å²) in [4.78, 5) is 11.7. The number of carbonyl (C=O) groups excluding carboxylic acids is 1. The highest BCUT2D eigenvalue weighted by molar-refractivity contribution is 6.30. The van der Waals surface area contributed by atoms with Crippen LogP contribution in [-0.4, -0.2) is 25.9 Å². The summed E-state index contributed by atoms with van der Waals surface area (Å²) in [5.74, 6) is 1.26. The Bertz CT molecular complexity index is 647. The van der Waals surface area contributed by atoms with Crippen molar-refractivity contribution in [1.29, 1.82) is 0 Å². The molecule has 0 bridgehead atoms. The van der Waals surface area contributed by atoms with Gasteiger partial charge in [-0.05, 0) is 43.2 Å². The Morgan fingerprint density at radius 2 is 1.67 bits per heavy atom. The second-order valence-electron chi connectivity index (χ2n) is 4.98. The van der Waals surface area contributed by atoms with Crippen LogP contribution in [0, 0.1) is 0 Å². The molecule has 5 nitrogen and oxygen atoms in total. The molecule has 0 spiro atoms. The van der Waals surface area contributed by atoms with Gasteiger partial charge in [-0.25, -0.2) is 4.79 Å². The third-order valence-corrected chi connectivity index (χ3v) is 3.47. The minimum Gasteiger partial charge on any atom is -0.490 e.